The number of nitrogens with zero attached hydrogens (tertiary/aromatic N) is 9. The van der Waals surface area contributed by atoms with Crippen molar-refractivity contribution in [2.75, 3.05) is 0 Å². The number of pyridine rings is 1. The maximum Gasteiger partial charge on any atom is 0.267 e. The summed E-state index contributed by atoms with van der Waals surface area (Å²) in [6, 6.07) is 32.5. The summed E-state index contributed by atoms with van der Waals surface area (Å²) in [5.74, 6) is -0.822. The van der Waals surface area contributed by atoms with Crippen LogP contribution in [-0.4, -0.2) is 29.6 Å². The molecule has 4 aromatic carbocycles. The second kappa shape index (κ2) is 17.6. The molecule has 0 amide bonds. The summed E-state index contributed by atoms with van der Waals surface area (Å²) in [6.07, 6.45) is 7.88. The Morgan fingerprint density at radius 3 is 1.52 bits per heavy atom. The summed E-state index contributed by atoms with van der Waals surface area (Å²) in [6.45, 7) is 7.62. The van der Waals surface area contributed by atoms with Gasteiger partial charge in [0.25, 0.3) is 12.7 Å². The summed E-state index contributed by atoms with van der Waals surface area (Å²) in [5.41, 5.74) is 6.74. The number of rotatable bonds is 5. The Kier molecular flexibility index (Phi) is 12.7. The van der Waals surface area contributed by atoms with Crippen LogP contribution in [0.25, 0.3) is 34.3 Å². The molecule has 54 heavy (non-hydrogen) atoms. The van der Waals surface area contributed by atoms with Crippen LogP contribution >= 0.6 is 0 Å². The van der Waals surface area contributed by atoms with Gasteiger partial charge in [0.2, 0.25) is 0 Å². The van der Waals surface area contributed by atoms with Crippen molar-refractivity contribution < 1.29 is 46.8 Å². The van der Waals surface area contributed by atoms with Crippen LogP contribution < -0.4 is 14.2 Å². The van der Waals surface area contributed by atoms with Crippen molar-refractivity contribution in [2.45, 2.75) is 27.7 Å². The van der Waals surface area contributed by atoms with Gasteiger partial charge in [-0.15, -0.1) is 24.3 Å². The molecule has 0 aliphatic carbocycles. The SMILES string of the molecule is Cc1c(C)[n+](-c2cccc(F)c2)[c-]n1-c1[c-]ccc(F)c1.Cc1c(C)[n+](-c2cccc(F)c2)[c-]n1-c1[c-]ccc(F)c1.[Ir].c1ccc(-c2nnn[n-]2)nc1. The minimum absolute atomic E-state index is 0. The molecule has 8 rings (SSSR count). The van der Waals surface area contributed by atoms with Crippen LogP contribution in [-0.2, 0) is 20.1 Å². The van der Waals surface area contributed by atoms with Crippen LogP contribution in [0.1, 0.15) is 22.8 Å². The Morgan fingerprint density at radius 1 is 0.611 bits per heavy atom. The van der Waals surface area contributed by atoms with E-state index in [2.05, 4.69) is 50.4 Å². The van der Waals surface area contributed by atoms with Gasteiger partial charge in [-0.3, -0.25) is 24.4 Å². The van der Waals surface area contributed by atoms with Crippen molar-refractivity contribution in [3.8, 4) is 34.3 Å². The molecule has 275 valence electrons. The van der Waals surface area contributed by atoms with Crippen LogP contribution in [0.15, 0.2) is 109 Å². The molecule has 0 N–H and O–H groups in total. The standard InChI is InChI=1S/2C17H13F2N2.C6H4N5.Ir/c2*1-12-13(2)21(17-8-4-6-15(19)10-17)11-20(12)16-7-3-5-14(18)9-16;1-2-4-7-5(3-1)6-8-10-11-9-6;/h2*3-7,9-10H,1-2H3;1-4H;/q3*-1;. The number of hydrogen-bond donors (Lipinski definition) is 0. The summed E-state index contributed by atoms with van der Waals surface area (Å²) in [4.78, 5) is 4.02. The van der Waals surface area contributed by atoms with Gasteiger partial charge in [-0.25, -0.2) is 17.6 Å². The summed E-state index contributed by atoms with van der Waals surface area (Å²) >= 11 is 0. The molecule has 0 atom stereocenters. The van der Waals surface area contributed by atoms with Crippen LogP contribution in [0, 0.1) is 75.8 Å². The van der Waals surface area contributed by atoms with Gasteiger partial charge < -0.3 is 14.2 Å². The van der Waals surface area contributed by atoms with Gasteiger partial charge in [-0.2, -0.15) is 29.5 Å². The van der Waals surface area contributed by atoms with Crippen molar-refractivity contribution in [2.24, 2.45) is 0 Å². The van der Waals surface area contributed by atoms with Crippen molar-refractivity contribution in [1.29, 1.82) is 0 Å². The predicted octanol–water partition coefficient (Wildman–Crippen LogP) is 6.39. The van der Waals surface area contributed by atoms with E-state index in [1.165, 1.54) is 60.7 Å². The molecular formula is C40H30F4IrN9-3. The summed E-state index contributed by atoms with van der Waals surface area (Å²) in [5, 5.41) is 14.0. The van der Waals surface area contributed by atoms with Crippen molar-refractivity contribution in [3.05, 3.63) is 180 Å². The third-order valence-corrected chi connectivity index (χ3v) is 8.11. The van der Waals surface area contributed by atoms with Crippen molar-refractivity contribution >= 4 is 0 Å². The Bertz CT molecular complexity index is 2200. The monoisotopic (exact) mass is 905 g/mol. The molecule has 1 radical (unpaired) electrons. The first-order valence-corrected chi connectivity index (χ1v) is 16.1. The third-order valence-electron chi connectivity index (χ3n) is 8.11. The fraction of sp³-hybridized carbons (Fsp3) is 0.100. The fourth-order valence-electron chi connectivity index (χ4n) is 5.20. The van der Waals surface area contributed by atoms with E-state index in [-0.39, 0.29) is 43.4 Å². The minimum Gasteiger partial charge on any atom is -0.329 e. The van der Waals surface area contributed by atoms with Crippen LogP contribution in [0.4, 0.5) is 17.6 Å². The molecule has 9 nitrogen and oxygen atoms in total. The zero-order valence-corrected chi connectivity index (χ0v) is 31.7. The average molecular weight is 905 g/mol. The number of halogens is 4. The van der Waals surface area contributed by atoms with Crippen LogP contribution in [0.2, 0.25) is 0 Å². The normalized spacial score (nSPS) is 10.4. The number of imidazole rings is 2. The first-order valence-electron chi connectivity index (χ1n) is 16.1. The van der Waals surface area contributed by atoms with Crippen molar-refractivity contribution in [1.82, 2.24) is 34.7 Å². The van der Waals surface area contributed by atoms with E-state index in [9.17, 15) is 17.6 Å². The molecular weight excluding hydrogens is 875 g/mol. The molecule has 0 fully saturated rings. The molecule has 0 unspecified atom stereocenters. The molecule has 0 bridgehead atoms. The van der Waals surface area contributed by atoms with E-state index in [1.54, 1.807) is 54.8 Å². The molecule has 0 saturated heterocycles. The van der Waals surface area contributed by atoms with E-state index in [0.717, 1.165) is 22.8 Å². The maximum atomic E-state index is 13.4. The van der Waals surface area contributed by atoms with E-state index in [4.69, 9.17) is 0 Å². The molecule has 4 aromatic heterocycles. The smallest absolute Gasteiger partial charge is 0.267 e. The van der Waals surface area contributed by atoms with E-state index in [1.807, 2.05) is 39.8 Å². The van der Waals surface area contributed by atoms with E-state index < -0.39 is 0 Å². The van der Waals surface area contributed by atoms with Gasteiger partial charge in [-0.05, 0) is 87.6 Å². The van der Waals surface area contributed by atoms with Gasteiger partial charge in [0, 0.05) is 49.3 Å². The second-order valence-corrected chi connectivity index (χ2v) is 11.5. The van der Waals surface area contributed by atoms with Crippen LogP contribution in [0.3, 0.4) is 0 Å². The fourth-order valence-corrected chi connectivity index (χ4v) is 5.20. The second-order valence-electron chi connectivity index (χ2n) is 11.5. The molecule has 4 heterocycles. The van der Waals surface area contributed by atoms with Gasteiger partial charge in [0.15, 0.2) is 0 Å². The number of benzene rings is 4. The predicted molar refractivity (Wildman–Crippen MR) is 185 cm³/mol. The Morgan fingerprint density at radius 2 is 1.11 bits per heavy atom. The van der Waals surface area contributed by atoms with E-state index in [0.29, 0.717) is 34.3 Å². The van der Waals surface area contributed by atoms with Gasteiger partial charge >= 0.3 is 0 Å². The van der Waals surface area contributed by atoms with Crippen LogP contribution in [0.5, 0.6) is 0 Å². The molecule has 0 aliphatic heterocycles. The molecule has 8 aromatic rings. The topological polar surface area (TPSA) is 83.3 Å². The Balaban J connectivity index is 0.000000162. The number of aromatic nitrogens is 9. The summed E-state index contributed by atoms with van der Waals surface area (Å²) < 4.78 is 60.4. The molecule has 14 heteroatoms. The third kappa shape index (κ3) is 9.08. The number of tetrazole rings is 1. The zero-order valence-electron chi connectivity index (χ0n) is 29.3. The van der Waals surface area contributed by atoms with Crippen molar-refractivity contribution in [3.63, 3.8) is 0 Å². The van der Waals surface area contributed by atoms with Gasteiger partial charge in [0.05, 0.1) is 34.3 Å². The van der Waals surface area contributed by atoms with Gasteiger partial charge in [-0.1, -0.05) is 18.2 Å². The quantitative estimate of drug-likeness (QED) is 0.114. The van der Waals surface area contributed by atoms with Gasteiger partial charge in [0.1, 0.15) is 11.6 Å². The summed E-state index contributed by atoms with van der Waals surface area (Å²) in [7, 11) is 0. The maximum absolute atomic E-state index is 13.4. The first-order chi connectivity index (χ1) is 25.6. The Hall–Kier alpha value is -6.11. The minimum atomic E-state index is -0.333. The molecule has 0 aliphatic rings. The average Bonchev–Trinajstić information content (AvgIpc) is 3.88. The molecule has 0 spiro atoms. The number of hydrogen-bond acceptors (Lipinski definition) is 4. The van der Waals surface area contributed by atoms with E-state index >= 15 is 0 Å². The zero-order chi connectivity index (χ0) is 37.5. The first kappa shape index (κ1) is 39.1. The molecule has 0 saturated carbocycles. The largest absolute Gasteiger partial charge is 0.329 e. The Labute approximate surface area is 322 Å².